The molecule has 0 aliphatic heterocycles. The standard InChI is InChI=1S/C22H33N5O4S/c1-32-11-9-19(22(30)31)27-21(29)18(8-4-5-10-23)26-20(28)16(24)12-14-13-25-17-7-3-2-6-15(14)17/h2-3,6-7,13,16,18-19,25H,4-5,8-12,23-24H2,1H3,(H,26,28)(H,27,29)(H,30,31)/t16-,18-,19-/m0/s1. The molecule has 8 N–H and O–H groups in total. The molecule has 0 spiro atoms. The third-order valence-electron chi connectivity index (χ3n) is 5.26. The third-order valence-corrected chi connectivity index (χ3v) is 5.90. The average Bonchev–Trinajstić information content (AvgIpc) is 3.18. The quantitative estimate of drug-likeness (QED) is 0.227. The fourth-order valence-corrected chi connectivity index (χ4v) is 3.91. The molecule has 2 amide bonds. The van der Waals surface area contributed by atoms with Crippen LogP contribution in [0, 0.1) is 0 Å². The molecule has 0 aliphatic carbocycles. The molecule has 0 fully saturated rings. The van der Waals surface area contributed by atoms with Gasteiger partial charge in [-0.05, 0) is 62.3 Å². The van der Waals surface area contributed by atoms with Gasteiger partial charge in [0.05, 0.1) is 6.04 Å². The lowest BCUT2D eigenvalue weighted by Gasteiger charge is -2.23. The maximum atomic E-state index is 12.8. The number of carboxylic acids is 1. The van der Waals surface area contributed by atoms with Crippen LogP contribution in [0.15, 0.2) is 30.5 Å². The van der Waals surface area contributed by atoms with E-state index >= 15 is 0 Å². The van der Waals surface area contributed by atoms with Crippen molar-refractivity contribution in [2.45, 2.75) is 50.2 Å². The molecule has 176 valence electrons. The van der Waals surface area contributed by atoms with Crippen LogP contribution in [0.3, 0.4) is 0 Å². The van der Waals surface area contributed by atoms with Crippen molar-refractivity contribution in [3.8, 4) is 0 Å². The van der Waals surface area contributed by atoms with E-state index in [0.29, 0.717) is 44.4 Å². The number of aromatic nitrogens is 1. The minimum Gasteiger partial charge on any atom is -0.480 e. The molecule has 0 bridgehead atoms. The number of carbonyl (C=O) groups is 3. The first-order valence-electron chi connectivity index (χ1n) is 10.7. The highest BCUT2D eigenvalue weighted by molar-refractivity contribution is 7.98. The van der Waals surface area contributed by atoms with E-state index in [1.165, 1.54) is 11.8 Å². The van der Waals surface area contributed by atoms with Crippen LogP contribution in [0.25, 0.3) is 10.9 Å². The lowest BCUT2D eigenvalue weighted by atomic mass is 10.0. The smallest absolute Gasteiger partial charge is 0.326 e. The van der Waals surface area contributed by atoms with Gasteiger partial charge < -0.3 is 32.2 Å². The van der Waals surface area contributed by atoms with Crippen LogP contribution in [-0.2, 0) is 20.8 Å². The van der Waals surface area contributed by atoms with Gasteiger partial charge in [-0.15, -0.1) is 0 Å². The first-order valence-corrected chi connectivity index (χ1v) is 12.1. The molecule has 2 aromatic rings. The number of hydrogen-bond donors (Lipinski definition) is 6. The number of H-pyrrole nitrogens is 1. The van der Waals surface area contributed by atoms with Crippen LogP contribution < -0.4 is 22.1 Å². The molecule has 9 nitrogen and oxygen atoms in total. The van der Waals surface area contributed by atoms with E-state index in [1.807, 2.05) is 36.7 Å². The maximum absolute atomic E-state index is 12.8. The molecule has 1 heterocycles. The normalized spacial score (nSPS) is 14.0. The Kier molecular flexibility index (Phi) is 10.5. The molecular weight excluding hydrogens is 430 g/mol. The minimum absolute atomic E-state index is 0.297. The third kappa shape index (κ3) is 7.54. The molecule has 0 saturated carbocycles. The van der Waals surface area contributed by atoms with Crippen molar-refractivity contribution in [2.75, 3.05) is 18.6 Å². The summed E-state index contributed by atoms with van der Waals surface area (Å²) in [4.78, 5) is 40.2. The van der Waals surface area contributed by atoms with E-state index < -0.39 is 35.9 Å². The zero-order chi connectivity index (χ0) is 23.5. The molecule has 0 radical (unpaired) electrons. The van der Waals surface area contributed by atoms with Crippen LogP contribution in [0.1, 0.15) is 31.2 Å². The van der Waals surface area contributed by atoms with Crippen molar-refractivity contribution < 1.29 is 19.5 Å². The summed E-state index contributed by atoms with van der Waals surface area (Å²) in [5.41, 5.74) is 13.6. The second-order valence-corrected chi connectivity index (χ2v) is 8.68. The van der Waals surface area contributed by atoms with E-state index in [9.17, 15) is 19.5 Å². The molecule has 0 unspecified atom stereocenters. The number of aromatic amines is 1. The highest BCUT2D eigenvalue weighted by Crippen LogP contribution is 2.19. The summed E-state index contributed by atoms with van der Waals surface area (Å²) < 4.78 is 0. The van der Waals surface area contributed by atoms with Gasteiger partial charge in [0.25, 0.3) is 0 Å². The lowest BCUT2D eigenvalue weighted by Crippen LogP contribution is -2.54. The molecule has 2 rings (SSSR count). The van der Waals surface area contributed by atoms with Gasteiger partial charge in [0.15, 0.2) is 0 Å². The van der Waals surface area contributed by atoms with E-state index in [-0.39, 0.29) is 0 Å². The number of nitrogens with one attached hydrogen (secondary N) is 3. The van der Waals surface area contributed by atoms with Gasteiger partial charge in [0.1, 0.15) is 12.1 Å². The number of amides is 2. The van der Waals surface area contributed by atoms with Crippen molar-refractivity contribution >= 4 is 40.4 Å². The summed E-state index contributed by atoms with van der Waals surface area (Å²) in [6.07, 6.45) is 5.96. The van der Waals surface area contributed by atoms with Gasteiger partial charge in [0, 0.05) is 17.1 Å². The fraction of sp³-hybridized carbons (Fsp3) is 0.500. The summed E-state index contributed by atoms with van der Waals surface area (Å²) in [6, 6.07) is 4.99. The number of fused-ring (bicyclic) bond motifs is 1. The summed E-state index contributed by atoms with van der Waals surface area (Å²) in [5, 5.41) is 15.6. The van der Waals surface area contributed by atoms with Gasteiger partial charge in [-0.25, -0.2) is 4.79 Å². The second kappa shape index (κ2) is 13.1. The second-order valence-electron chi connectivity index (χ2n) is 7.70. The number of aliphatic carboxylic acids is 1. The maximum Gasteiger partial charge on any atom is 0.326 e. The number of hydrogen-bond acceptors (Lipinski definition) is 6. The Morgan fingerprint density at radius 3 is 2.50 bits per heavy atom. The zero-order valence-electron chi connectivity index (χ0n) is 18.3. The van der Waals surface area contributed by atoms with Gasteiger partial charge in [-0.3, -0.25) is 9.59 Å². The molecule has 10 heteroatoms. The van der Waals surface area contributed by atoms with Gasteiger partial charge in [-0.2, -0.15) is 11.8 Å². The Morgan fingerprint density at radius 1 is 1.09 bits per heavy atom. The van der Waals surface area contributed by atoms with Crippen LogP contribution in [0.4, 0.5) is 0 Å². The zero-order valence-corrected chi connectivity index (χ0v) is 19.1. The fourth-order valence-electron chi connectivity index (χ4n) is 3.44. The van der Waals surface area contributed by atoms with Crippen LogP contribution in [0.5, 0.6) is 0 Å². The molecule has 3 atom stereocenters. The highest BCUT2D eigenvalue weighted by Gasteiger charge is 2.27. The minimum atomic E-state index is -1.10. The molecule has 0 aliphatic rings. The summed E-state index contributed by atoms with van der Waals surface area (Å²) in [6.45, 7) is 0.466. The van der Waals surface area contributed by atoms with E-state index in [2.05, 4.69) is 15.6 Å². The van der Waals surface area contributed by atoms with Crippen LogP contribution in [-0.4, -0.2) is 64.6 Å². The SMILES string of the molecule is CSCC[C@H](NC(=O)[C@H](CCCCN)NC(=O)[C@@H](N)Cc1c[nH]c2ccccc12)C(=O)O. The number of nitrogens with two attached hydrogens (primary N) is 2. The molecule has 0 saturated heterocycles. The van der Waals surface area contributed by atoms with Crippen molar-refractivity contribution in [3.63, 3.8) is 0 Å². The number of unbranched alkanes of at least 4 members (excludes halogenated alkanes) is 1. The largest absolute Gasteiger partial charge is 0.480 e. The van der Waals surface area contributed by atoms with Crippen molar-refractivity contribution in [1.82, 2.24) is 15.6 Å². The Labute approximate surface area is 192 Å². The monoisotopic (exact) mass is 463 g/mol. The number of rotatable bonds is 14. The number of carbonyl (C=O) groups excluding carboxylic acids is 2. The van der Waals surface area contributed by atoms with Gasteiger partial charge in [-0.1, -0.05) is 18.2 Å². The Bertz CT molecular complexity index is 903. The van der Waals surface area contributed by atoms with Crippen molar-refractivity contribution in [1.29, 1.82) is 0 Å². The number of carboxylic acid groups (broad SMARTS) is 1. The Morgan fingerprint density at radius 2 is 1.81 bits per heavy atom. The first-order chi connectivity index (χ1) is 15.4. The summed E-state index contributed by atoms with van der Waals surface area (Å²) >= 11 is 1.50. The summed E-state index contributed by atoms with van der Waals surface area (Å²) in [7, 11) is 0. The van der Waals surface area contributed by atoms with Crippen LogP contribution in [0.2, 0.25) is 0 Å². The molecule has 32 heavy (non-hydrogen) atoms. The highest BCUT2D eigenvalue weighted by atomic mass is 32.2. The van der Waals surface area contributed by atoms with Crippen molar-refractivity contribution in [3.05, 3.63) is 36.0 Å². The lowest BCUT2D eigenvalue weighted by molar-refractivity contribution is -0.142. The predicted octanol–water partition coefficient (Wildman–Crippen LogP) is 0.974. The Hall–Kier alpha value is -2.56. The van der Waals surface area contributed by atoms with Gasteiger partial charge in [0.2, 0.25) is 11.8 Å². The van der Waals surface area contributed by atoms with Crippen LogP contribution >= 0.6 is 11.8 Å². The van der Waals surface area contributed by atoms with E-state index in [0.717, 1.165) is 16.5 Å². The summed E-state index contributed by atoms with van der Waals surface area (Å²) in [5.74, 6) is -1.49. The molecular formula is C22H33N5O4S. The topological polar surface area (TPSA) is 163 Å². The first kappa shape index (κ1) is 25.7. The Balaban J connectivity index is 2.04. The average molecular weight is 464 g/mol. The predicted molar refractivity (Wildman–Crippen MR) is 127 cm³/mol. The molecule has 1 aromatic heterocycles. The van der Waals surface area contributed by atoms with E-state index in [4.69, 9.17) is 11.5 Å². The van der Waals surface area contributed by atoms with Gasteiger partial charge >= 0.3 is 5.97 Å². The number of thioether (sulfide) groups is 1. The number of para-hydroxylation sites is 1. The number of benzene rings is 1. The van der Waals surface area contributed by atoms with E-state index in [1.54, 1.807) is 0 Å². The molecule has 1 aromatic carbocycles. The van der Waals surface area contributed by atoms with Crippen molar-refractivity contribution in [2.24, 2.45) is 11.5 Å².